The first-order valence-corrected chi connectivity index (χ1v) is 6.79. The Hall–Kier alpha value is -2.48. The van der Waals surface area contributed by atoms with Gasteiger partial charge in [-0.2, -0.15) is 0 Å². The Morgan fingerprint density at radius 2 is 2.27 bits per heavy atom. The minimum Gasteiger partial charge on any atom is -0.469 e. The number of nitrogens with zero attached hydrogens (tertiary/aromatic N) is 2. The van der Waals surface area contributed by atoms with Crippen LogP contribution >= 0.6 is 0 Å². The standard InChI is InChI=1S/C14H15N3O5/c1-16-7-8(12(18)22-2)6-14(16)10-5-9(17(20)21)3-4-11(10)15-13(14)19/h3-5,8H,6-7H2,1-2H3,(H,15,19)/t8-,14+/m1/s1. The van der Waals surface area contributed by atoms with E-state index in [1.807, 2.05) is 0 Å². The molecule has 1 N–H and O–H groups in total. The Kier molecular flexibility index (Phi) is 3.13. The normalized spacial score (nSPS) is 26.8. The Labute approximate surface area is 126 Å². The maximum atomic E-state index is 12.5. The first-order chi connectivity index (χ1) is 10.4. The monoisotopic (exact) mass is 305 g/mol. The summed E-state index contributed by atoms with van der Waals surface area (Å²) >= 11 is 0. The van der Waals surface area contributed by atoms with Crippen molar-refractivity contribution in [2.75, 3.05) is 26.0 Å². The highest BCUT2D eigenvalue weighted by Crippen LogP contribution is 2.49. The van der Waals surface area contributed by atoms with Gasteiger partial charge in [-0.3, -0.25) is 24.6 Å². The summed E-state index contributed by atoms with van der Waals surface area (Å²) in [6.45, 7) is 0.363. The van der Waals surface area contributed by atoms with Gasteiger partial charge in [0, 0.05) is 29.9 Å². The van der Waals surface area contributed by atoms with Gasteiger partial charge in [-0.25, -0.2) is 0 Å². The molecule has 8 nitrogen and oxygen atoms in total. The van der Waals surface area contributed by atoms with Crippen molar-refractivity contribution in [1.29, 1.82) is 0 Å². The second kappa shape index (κ2) is 4.77. The van der Waals surface area contributed by atoms with E-state index in [0.717, 1.165) is 0 Å². The average Bonchev–Trinajstić information content (AvgIpc) is 2.98. The Bertz CT molecular complexity index is 689. The molecular weight excluding hydrogens is 290 g/mol. The second-order valence-corrected chi connectivity index (χ2v) is 5.61. The number of hydrogen-bond acceptors (Lipinski definition) is 6. The maximum absolute atomic E-state index is 12.5. The number of esters is 1. The number of non-ortho nitro benzene ring substituents is 1. The van der Waals surface area contributed by atoms with Crippen molar-refractivity contribution in [3.8, 4) is 0 Å². The van der Waals surface area contributed by atoms with Gasteiger partial charge < -0.3 is 10.1 Å². The van der Waals surface area contributed by atoms with Gasteiger partial charge >= 0.3 is 5.97 Å². The third-order valence-electron chi connectivity index (χ3n) is 4.51. The lowest BCUT2D eigenvalue weighted by molar-refractivity contribution is -0.384. The van der Waals surface area contributed by atoms with E-state index < -0.39 is 16.4 Å². The molecule has 2 atom stereocenters. The topological polar surface area (TPSA) is 102 Å². The summed E-state index contributed by atoms with van der Waals surface area (Å²) in [7, 11) is 3.04. The summed E-state index contributed by atoms with van der Waals surface area (Å²) < 4.78 is 4.76. The molecule has 0 radical (unpaired) electrons. The number of benzene rings is 1. The lowest BCUT2D eigenvalue weighted by Crippen LogP contribution is -2.44. The predicted octanol–water partition coefficient (Wildman–Crippen LogP) is 0.867. The van der Waals surface area contributed by atoms with Crippen molar-refractivity contribution in [3.63, 3.8) is 0 Å². The lowest BCUT2D eigenvalue weighted by Gasteiger charge is -2.29. The fourth-order valence-corrected chi connectivity index (χ4v) is 3.41. The highest BCUT2D eigenvalue weighted by atomic mass is 16.6. The molecule has 2 aliphatic heterocycles. The van der Waals surface area contributed by atoms with Crippen LogP contribution in [0.2, 0.25) is 0 Å². The van der Waals surface area contributed by atoms with Gasteiger partial charge in [0.15, 0.2) is 0 Å². The molecule has 8 heteroatoms. The minimum absolute atomic E-state index is 0.0791. The SMILES string of the molecule is COC(=O)[C@H]1CN(C)[C@]2(C1)C(=O)Nc1ccc([N+](=O)[O-])cc12. The van der Waals surface area contributed by atoms with Crippen LogP contribution in [-0.4, -0.2) is 42.4 Å². The van der Waals surface area contributed by atoms with Crippen LogP contribution in [0.4, 0.5) is 11.4 Å². The van der Waals surface area contributed by atoms with Gasteiger partial charge in [0.25, 0.3) is 5.69 Å². The van der Waals surface area contributed by atoms with Gasteiger partial charge in [0.2, 0.25) is 5.91 Å². The Morgan fingerprint density at radius 3 is 2.91 bits per heavy atom. The van der Waals surface area contributed by atoms with Crippen molar-refractivity contribution in [1.82, 2.24) is 4.90 Å². The maximum Gasteiger partial charge on any atom is 0.310 e. The number of ether oxygens (including phenoxy) is 1. The quantitative estimate of drug-likeness (QED) is 0.494. The average molecular weight is 305 g/mol. The number of amides is 1. The highest BCUT2D eigenvalue weighted by Gasteiger charge is 2.57. The summed E-state index contributed by atoms with van der Waals surface area (Å²) in [5.74, 6) is -1.08. The van der Waals surface area contributed by atoms with E-state index in [9.17, 15) is 19.7 Å². The number of likely N-dealkylation sites (N-methyl/N-ethyl adjacent to an activating group) is 1. The van der Waals surface area contributed by atoms with E-state index in [2.05, 4.69) is 5.32 Å². The zero-order valence-corrected chi connectivity index (χ0v) is 12.2. The molecule has 1 fully saturated rings. The number of nitrogens with one attached hydrogen (secondary N) is 1. The number of hydrogen-bond donors (Lipinski definition) is 1. The summed E-state index contributed by atoms with van der Waals surface area (Å²) in [6.07, 6.45) is 0.246. The summed E-state index contributed by atoms with van der Waals surface area (Å²) in [5.41, 5.74) is -0.0432. The number of anilines is 1. The van der Waals surface area contributed by atoms with E-state index in [1.54, 1.807) is 11.9 Å². The summed E-state index contributed by atoms with van der Waals surface area (Å²) in [5, 5.41) is 13.7. The number of carbonyl (C=O) groups excluding carboxylic acids is 2. The van der Waals surface area contributed by atoms with E-state index in [0.29, 0.717) is 17.8 Å². The van der Waals surface area contributed by atoms with E-state index in [-0.39, 0.29) is 24.0 Å². The fourth-order valence-electron chi connectivity index (χ4n) is 3.41. The molecule has 1 spiro atoms. The lowest BCUT2D eigenvalue weighted by atomic mass is 9.86. The van der Waals surface area contributed by atoms with Crippen LogP contribution < -0.4 is 5.32 Å². The zero-order valence-electron chi connectivity index (χ0n) is 12.2. The molecule has 1 amide bonds. The zero-order chi connectivity index (χ0) is 16.1. The highest BCUT2D eigenvalue weighted by molar-refractivity contribution is 6.06. The van der Waals surface area contributed by atoms with Crippen molar-refractivity contribution in [3.05, 3.63) is 33.9 Å². The molecule has 1 saturated heterocycles. The van der Waals surface area contributed by atoms with Crippen molar-refractivity contribution in [2.24, 2.45) is 5.92 Å². The van der Waals surface area contributed by atoms with Gasteiger partial charge in [0.1, 0.15) is 5.54 Å². The molecule has 0 aliphatic carbocycles. The molecular formula is C14H15N3O5. The van der Waals surface area contributed by atoms with E-state index in [4.69, 9.17) is 4.74 Å². The molecule has 0 bridgehead atoms. The number of fused-ring (bicyclic) bond motifs is 2. The van der Waals surface area contributed by atoms with Gasteiger partial charge in [-0.05, 0) is 19.5 Å². The largest absolute Gasteiger partial charge is 0.469 e. The second-order valence-electron chi connectivity index (χ2n) is 5.61. The molecule has 22 heavy (non-hydrogen) atoms. The summed E-state index contributed by atoms with van der Waals surface area (Å²) in [6, 6.07) is 4.29. The molecule has 0 aromatic heterocycles. The van der Waals surface area contributed by atoms with Crippen molar-refractivity contribution in [2.45, 2.75) is 12.0 Å². The number of methoxy groups -OCH3 is 1. The number of nitro groups is 1. The Balaban J connectivity index is 2.09. The van der Waals surface area contributed by atoms with Crippen LogP contribution in [0.5, 0.6) is 0 Å². The van der Waals surface area contributed by atoms with Gasteiger partial charge in [-0.15, -0.1) is 0 Å². The van der Waals surface area contributed by atoms with Crippen LogP contribution in [0.1, 0.15) is 12.0 Å². The molecule has 2 heterocycles. The molecule has 0 saturated carbocycles. The molecule has 1 aromatic carbocycles. The minimum atomic E-state index is -1.06. The number of nitro benzene ring substituents is 1. The molecule has 0 unspecified atom stereocenters. The van der Waals surface area contributed by atoms with Gasteiger partial charge in [-0.1, -0.05) is 0 Å². The van der Waals surface area contributed by atoms with E-state index in [1.165, 1.54) is 25.3 Å². The van der Waals surface area contributed by atoms with Crippen LogP contribution in [-0.2, 0) is 19.9 Å². The van der Waals surface area contributed by atoms with Gasteiger partial charge in [0.05, 0.1) is 18.0 Å². The number of carbonyl (C=O) groups is 2. The molecule has 2 aliphatic rings. The first-order valence-electron chi connectivity index (χ1n) is 6.79. The van der Waals surface area contributed by atoms with Crippen LogP contribution in [0.25, 0.3) is 0 Å². The molecule has 3 rings (SSSR count). The molecule has 116 valence electrons. The summed E-state index contributed by atoms with van der Waals surface area (Å²) in [4.78, 5) is 36.6. The smallest absolute Gasteiger partial charge is 0.310 e. The Morgan fingerprint density at radius 1 is 1.55 bits per heavy atom. The van der Waals surface area contributed by atoms with Crippen LogP contribution in [0.3, 0.4) is 0 Å². The number of rotatable bonds is 2. The van der Waals surface area contributed by atoms with Crippen LogP contribution in [0.15, 0.2) is 18.2 Å². The van der Waals surface area contributed by atoms with Crippen molar-refractivity contribution >= 4 is 23.3 Å². The predicted molar refractivity (Wildman–Crippen MR) is 76.2 cm³/mol. The van der Waals surface area contributed by atoms with Crippen molar-refractivity contribution < 1.29 is 19.2 Å². The fraction of sp³-hybridized carbons (Fsp3) is 0.429. The first kappa shape index (κ1) is 14.5. The van der Waals surface area contributed by atoms with E-state index >= 15 is 0 Å². The third kappa shape index (κ3) is 1.80. The van der Waals surface area contributed by atoms with Crippen LogP contribution in [0, 0.1) is 16.0 Å². The number of likely N-dealkylation sites (tertiary alicyclic amines) is 1. The third-order valence-corrected chi connectivity index (χ3v) is 4.51. The molecule has 1 aromatic rings.